The molecule has 0 aromatic rings. The van der Waals surface area contributed by atoms with Crippen LogP contribution in [0.4, 0.5) is 0 Å². The third-order valence-electron chi connectivity index (χ3n) is 3.65. The van der Waals surface area contributed by atoms with Gasteiger partial charge in [-0.05, 0) is 25.7 Å². The number of nitrogens with zero attached hydrogens (tertiary/aromatic N) is 1. The van der Waals surface area contributed by atoms with E-state index >= 15 is 0 Å². The summed E-state index contributed by atoms with van der Waals surface area (Å²) >= 11 is 0. The average Bonchev–Trinajstić information content (AvgIpc) is 2.28. The molecule has 0 amide bonds. The second-order valence-corrected chi connectivity index (χ2v) is 7.29. The van der Waals surface area contributed by atoms with Gasteiger partial charge in [-0.3, -0.25) is 0 Å². The summed E-state index contributed by atoms with van der Waals surface area (Å²) in [5.74, 6) is 0.475. The monoisotopic (exact) mass is 262 g/mol. The number of rotatable bonds is 5. The van der Waals surface area contributed by atoms with Gasteiger partial charge in [-0.2, -0.15) is 4.31 Å². The molecule has 5 heteroatoms. The maximum absolute atomic E-state index is 12.3. The highest BCUT2D eigenvalue weighted by molar-refractivity contribution is 7.89. The molecule has 0 aliphatic carbocycles. The lowest BCUT2D eigenvalue weighted by molar-refractivity contribution is 0.226. The molecule has 102 valence electrons. The van der Waals surface area contributed by atoms with Crippen molar-refractivity contribution in [2.45, 2.75) is 58.5 Å². The maximum atomic E-state index is 12.3. The van der Waals surface area contributed by atoms with Crippen LogP contribution in [0.2, 0.25) is 0 Å². The topological polar surface area (TPSA) is 63.4 Å². The second kappa shape index (κ2) is 6.16. The molecule has 0 aromatic heterocycles. The van der Waals surface area contributed by atoms with Crippen LogP contribution >= 0.6 is 0 Å². The first-order valence-corrected chi connectivity index (χ1v) is 8.24. The molecule has 1 heterocycles. The quantitative estimate of drug-likeness (QED) is 0.818. The van der Waals surface area contributed by atoms with Gasteiger partial charge in [0.2, 0.25) is 10.0 Å². The van der Waals surface area contributed by atoms with Gasteiger partial charge in [-0.15, -0.1) is 0 Å². The lowest BCUT2D eigenvalue weighted by atomic mass is 10.00. The molecule has 3 unspecified atom stereocenters. The largest absolute Gasteiger partial charge is 0.326 e. The Kier molecular flexibility index (Phi) is 5.41. The van der Waals surface area contributed by atoms with Gasteiger partial charge < -0.3 is 5.73 Å². The van der Waals surface area contributed by atoms with Gasteiger partial charge in [0.25, 0.3) is 0 Å². The van der Waals surface area contributed by atoms with Crippen molar-refractivity contribution in [3.05, 3.63) is 0 Å². The minimum atomic E-state index is -3.14. The highest BCUT2D eigenvalue weighted by Gasteiger charge is 2.34. The van der Waals surface area contributed by atoms with Crippen LogP contribution in [0.1, 0.15) is 46.5 Å². The zero-order valence-corrected chi connectivity index (χ0v) is 12.0. The predicted molar refractivity (Wildman–Crippen MR) is 71.2 cm³/mol. The summed E-state index contributed by atoms with van der Waals surface area (Å²) in [7, 11) is -3.14. The number of sulfonamides is 1. The summed E-state index contributed by atoms with van der Waals surface area (Å²) in [6, 6.07) is -0.0835. The first-order valence-electron chi connectivity index (χ1n) is 6.63. The fraction of sp³-hybridized carbons (Fsp3) is 1.00. The number of hydrogen-bond acceptors (Lipinski definition) is 3. The van der Waals surface area contributed by atoms with E-state index in [2.05, 4.69) is 0 Å². The molecule has 1 fully saturated rings. The van der Waals surface area contributed by atoms with Crippen molar-refractivity contribution < 1.29 is 8.42 Å². The van der Waals surface area contributed by atoms with Crippen LogP contribution in [0.25, 0.3) is 0 Å². The third kappa shape index (κ3) is 3.93. The van der Waals surface area contributed by atoms with Gasteiger partial charge in [0.15, 0.2) is 0 Å². The zero-order valence-electron chi connectivity index (χ0n) is 11.2. The van der Waals surface area contributed by atoms with E-state index in [1.54, 1.807) is 4.31 Å². The highest BCUT2D eigenvalue weighted by atomic mass is 32.2. The van der Waals surface area contributed by atoms with Crippen molar-refractivity contribution in [3.8, 4) is 0 Å². The van der Waals surface area contributed by atoms with Gasteiger partial charge in [0.05, 0.1) is 5.75 Å². The predicted octanol–water partition coefficient (Wildman–Crippen LogP) is 1.56. The summed E-state index contributed by atoms with van der Waals surface area (Å²) in [6.45, 7) is 6.56. The van der Waals surface area contributed by atoms with Crippen molar-refractivity contribution in [3.63, 3.8) is 0 Å². The Morgan fingerprint density at radius 2 is 2.00 bits per heavy atom. The SMILES string of the molecule is CCC(C)CS(=O)(=O)N1CCCCC1C(C)N. The van der Waals surface area contributed by atoms with Crippen LogP contribution in [0, 0.1) is 5.92 Å². The fourth-order valence-electron chi connectivity index (χ4n) is 2.37. The van der Waals surface area contributed by atoms with Crippen LogP contribution in [0.3, 0.4) is 0 Å². The van der Waals surface area contributed by atoms with Crippen molar-refractivity contribution in [2.75, 3.05) is 12.3 Å². The van der Waals surface area contributed by atoms with Gasteiger partial charge in [0.1, 0.15) is 0 Å². The Balaban J connectivity index is 2.80. The standard InChI is InChI=1S/C12H26N2O2S/c1-4-10(2)9-17(15,16)14-8-6-5-7-12(14)11(3)13/h10-12H,4-9,13H2,1-3H3. The molecular formula is C12H26N2O2S. The van der Waals surface area contributed by atoms with E-state index in [0.29, 0.717) is 6.54 Å². The van der Waals surface area contributed by atoms with E-state index in [1.165, 1.54) is 0 Å². The van der Waals surface area contributed by atoms with Crippen LogP contribution in [0.5, 0.6) is 0 Å². The molecule has 4 nitrogen and oxygen atoms in total. The smallest absolute Gasteiger partial charge is 0.214 e. The molecule has 2 N–H and O–H groups in total. The third-order valence-corrected chi connectivity index (χ3v) is 5.81. The summed E-state index contributed by atoms with van der Waals surface area (Å²) in [4.78, 5) is 0. The molecular weight excluding hydrogens is 236 g/mol. The molecule has 3 atom stereocenters. The lowest BCUT2D eigenvalue weighted by Crippen LogP contribution is -2.52. The Hall–Kier alpha value is -0.130. The van der Waals surface area contributed by atoms with E-state index in [0.717, 1.165) is 25.7 Å². The Labute approximate surface area is 106 Å². The Morgan fingerprint density at radius 3 is 2.53 bits per heavy atom. The van der Waals surface area contributed by atoms with Crippen molar-refractivity contribution in [1.82, 2.24) is 4.31 Å². The molecule has 0 spiro atoms. The van der Waals surface area contributed by atoms with Crippen molar-refractivity contribution >= 4 is 10.0 Å². The molecule has 1 saturated heterocycles. The highest BCUT2D eigenvalue weighted by Crippen LogP contribution is 2.24. The van der Waals surface area contributed by atoms with Crippen LogP contribution in [0.15, 0.2) is 0 Å². The average molecular weight is 262 g/mol. The summed E-state index contributed by atoms with van der Waals surface area (Å²) in [5, 5.41) is 0. The molecule has 0 saturated carbocycles. The second-order valence-electron chi connectivity index (χ2n) is 5.32. The molecule has 1 aliphatic rings. The minimum Gasteiger partial charge on any atom is -0.326 e. The molecule has 17 heavy (non-hydrogen) atoms. The number of hydrogen-bond donors (Lipinski definition) is 1. The number of nitrogens with two attached hydrogens (primary N) is 1. The van der Waals surface area contributed by atoms with E-state index < -0.39 is 10.0 Å². The van der Waals surface area contributed by atoms with Crippen LogP contribution < -0.4 is 5.73 Å². The van der Waals surface area contributed by atoms with E-state index in [-0.39, 0.29) is 23.8 Å². The van der Waals surface area contributed by atoms with Crippen LogP contribution in [-0.2, 0) is 10.0 Å². The Morgan fingerprint density at radius 1 is 1.35 bits per heavy atom. The molecule has 0 radical (unpaired) electrons. The summed E-state index contributed by atoms with van der Waals surface area (Å²) in [5.41, 5.74) is 5.91. The Bertz CT molecular complexity index is 327. The van der Waals surface area contributed by atoms with Gasteiger partial charge in [-0.1, -0.05) is 26.7 Å². The van der Waals surface area contributed by atoms with E-state index in [9.17, 15) is 8.42 Å². The van der Waals surface area contributed by atoms with Gasteiger partial charge >= 0.3 is 0 Å². The van der Waals surface area contributed by atoms with Gasteiger partial charge in [0, 0.05) is 18.6 Å². The van der Waals surface area contributed by atoms with Crippen molar-refractivity contribution in [1.29, 1.82) is 0 Å². The molecule has 1 aliphatic heterocycles. The summed E-state index contributed by atoms with van der Waals surface area (Å²) < 4.78 is 26.3. The fourth-order valence-corrected chi connectivity index (χ4v) is 4.64. The summed E-state index contributed by atoms with van der Waals surface area (Å²) in [6.07, 6.45) is 3.85. The molecule has 1 rings (SSSR count). The van der Waals surface area contributed by atoms with Crippen molar-refractivity contribution in [2.24, 2.45) is 11.7 Å². The first-order chi connectivity index (χ1) is 7.88. The van der Waals surface area contributed by atoms with E-state index in [1.807, 2.05) is 20.8 Å². The molecule has 0 aromatic carbocycles. The lowest BCUT2D eigenvalue weighted by Gasteiger charge is -2.37. The normalized spacial score (nSPS) is 26.7. The first kappa shape index (κ1) is 14.9. The molecule has 0 bridgehead atoms. The minimum absolute atomic E-state index is 0.00203. The maximum Gasteiger partial charge on any atom is 0.214 e. The zero-order chi connectivity index (χ0) is 13.1. The van der Waals surface area contributed by atoms with E-state index in [4.69, 9.17) is 5.73 Å². The van der Waals surface area contributed by atoms with Crippen LogP contribution in [-0.4, -0.2) is 37.1 Å². The number of piperidine rings is 1. The van der Waals surface area contributed by atoms with Gasteiger partial charge in [-0.25, -0.2) is 8.42 Å².